The molecule has 0 aliphatic rings. The molecule has 1 heteroatoms. The first-order valence-corrected chi connectivity index (χ1v) is 4.12. The van der Waals surface area contributed by atoms with Crippen molar-refractivity contribution >= 4 is 0 Å². The van der Waals surface area contributed by atoms with Crippen LogP contribution in [0.1, 0.15) is 40.5 Å². The third kappa shape index (κ3) is 18.0. The van der Waals surface area contributed by atoms with Gasteiger partial charge in [0.05, 0.1) is 0 Å². The van der Waals surface area contributed by atoms with Gasteiger partial charge in [-0.2, -0.15) is 0 Å². The fraction of sp³-hybridized carbons (Fsp3) is 1.00. The zero-order valence-electron chi connectivity index (χ0n) is 7.33. The quantitative estimate of drug-likeness (QED) is 0.578. The van der Waals surface area contributed by atoms with Gasteiger partial charge in [-0.1, -0.05) is 34.1 Å². The lowest BCUT2D eigenvalue weighted by Gasteiger charge is -1.95. The smallest absolute Gasteiger partial charge is 0.00491 e. The maximum absolute atomic E-state index is 3.25. The van der Waals surface area contributed by atoms with E-state index in [1.54, 1.807) is 0 Å². The number of hydrogen-bond acceptors (Lipinski definition) is 1. The molecule has 0 spiro atoms. The summed E-state index contributed by atoms with van der Waals surface area (Å²) in [6.07, 6.45) is 2.61. The van der Waals surface area contributed by atoms with Crippen LogP contribution in [0.25, 0.3) is 0 Å². The van der Waals surface area contributed by atoms with Crippen LogP contribution in [-0.4, -0.2) is 13.1 Å². The van der Waals surface area contributed by atoms with Crippen molar-refractivity contribution in [1.82, 2.24) is 5.32 Å². The van der Waals surface area contributed by atoms with Crippen LogP contribution >= 0.6 is 0 Å². The number of rotatable bonds is 4. The second-order valence-electron chi connectivity index (χ2n) is 1.71. The molecule has 0 aromatic carbocycles. The zero-order valence-corrected chi connectivity index (χ0v) is 7.33. The summed E-state index contributed by atoms with van der Waals surface area (Å²) in [4.78, 5) is 0. The van der Waals surface area contributed by atoms with Crippen molar-refractivity contribution in [3.63, 3.8) is 0 Å². The standard InChI is InChI=1S/C6H15N.C2H6/c1-3-5-6-7-4-2;1-2/h7H,3-6H2,1-2H3;1-2H3. The molecule has 0 aromatic rings. The minimum atomic E-state index is 1.11. The minimum Gasteiger partial charge on any atom is -0.317 e. The van der Waals surface area contributed by atoms with Gasteiger partial charge in [0.25, 0.3) is 0 Å². The summed E-state index contributed by atoms with van der Waals surface area (Å²) in [6, 6.07) is 0. The van der Waals surface area contributed by atoms with E-state index in [1.165, 1.54) is 19.4 Å². The molecule has 0 bridgehead atoms. The Morgan fingerprint density at radius 3 is 2.00 bits per heavy atom. The average molecular weight is 131 g/mol. The summed E-state index contributed by atoms with van der Waals surface area (Å²) in [5.41, 5.74) is 0. The first kappa shape index (κ1) is 11.7. The van der Waals surface area contributed by atoms with Crippen molar-refractivity contribution in [2.24, 2.45) is 0 Å². The Kier molecular flexibility index (Phi) is 20.4. The van der Waals surface area contributed by atoms with E-state index < -0.39 is 0 Å². The molecule has 0 amide bonds. The molecule has 0 radical (unpaired) electrons. The van der Waals surface area contributed by atoms with Gasteiger partial charge in [-0.15, -0.1) is 0 Å². The molecule has 9 heavy (non-hydrogen) atoms. The molecule has 0 rings (SSSR count). The molecule has 1 N–H and O–H groups in total. The SMILES string of the molecule is CC.CCCCNCC. The van der Waals surface area contributed by atoms with E-state index in [1.807, 2.05) is 13.8 Å². The van der Waals surface area contributed by atoms with Crippen molar-refractivity contribution in [2.75, 3.05) is 13.1 Å². The summed E-state index contributed by atoms with van der Waals surface area (Å²) >= 11 is 0. The van der Waals surface area contributed by atoms with Crippen molar-refractivity contribution in [3.8, 4) is 0 Å². The Hall–Kier alpha value is -0.0400. The van der Waals surface area contributed by atoms with E-state index in [4.69, 9.17) is 0 Å². The maximum atomic E-state index is 3.25. The van der Waals surface area contributed by atoms with Gasteiger partial charge in [0.1, 0.15) is 0 Å². The van der Waals surface area contributed by atoms with Crippen molar-refractivity contribution < 1.29 is 0 Å². The second-order valence-corrected chi connectivity index (χ2v) is 1.71. The van der Waals surface area contributed by atoms with Gasteiger partial charge >= 0.3 is 0 Å². The molecule has 0 saturated heterocycles. The lowest BCUT2D eigenvalue weighted by Crippen LogP contribution is -2.13. The number of nitrogens with one attached hydrogen (secondary N) is 1. The van der Waals surface area contributed by atoms with Gasteiger partial charge in [-0.3, -0.25) is 0 Å². The fourth-order valence-electron chi connectivity index (χ4n) is 0.479. The summed E-state index contributed by atoms with van der Waals surface area (Å²) in [5, 5.41) is 3.25. The third-order valence-electron chi connectivity index (χ3n) is 0.957. The molecular weight excluding hydrogens is 110 g/mol. The predicted molar refractivity (Wildman–Crippen MR) is 44.8 cm³/mol. The lowest BCUT2D eigenvalue weighted by atomic mass is 10.3. The first-order valence-electron chi connectivity index (χ1n) is 4.12. The minimum absolute atomic E-state index is 1.11. The molecule has 1 nitrogen and oxygen atoms in total. The van der Waals surface area contributed by atoms with Crippen molar-refractivity contribution in [1.29, 1.82) is 0 Å². The van der Waals surface area contributed by atoms with Gasteiger partial charge in [0, 0.05) is 0 Å². The van der Waals surface area contributed by atoms with E-state index >= 15 is 0 Å². The summed E-state index contributed by atoms with van der Waals surface area (Å²) in [5.74, 6) is 0. The predicted octanol–water partition coefficient (Wildman–Crippen LogP) is 2.42. The molecule has 0 aliphatic carbocycles. The highest BCUT2D eigenvalue weighted by Crippen LogP contribution is 1.80. The van der Waals surface area contributed by atoms with Crippen LogP contribution in [0, 0.1) is 0 Å². The van der Waals surface area contributed by atoms with E-state index in [2.05, 4.69) is 19.2 Å². The molecule has 0 unspecified atom stereocenters. The Bertz CT molecular complexity index is 23.7. The highest BCUT2D eigenvalue weighted by Gasteiger charge is 1.77. The van der Waals surface area contributed by atoms with Gasteiger partial charge < -0.3 is 5.32 Å². The van der Waals surface area contributed by atoms with E-state index in [0.717, 1.165) is 6.54 Å². The molecule has 0 aliphatic heterocycles. The van der Waals surface area contributed by atoms with Crippen molar-refractivity contribution in [2.45, 2.75) is 40.5 Å². The van der Waals surface area contributed by atoms with E-state index in [0.29, 0.717) is 0 Å². The van der Waals surface area contributed by atoms with E-state index in [9.17, 15) is 0 Å². The molecule has 0 aromatic heterocycles. The third-order valence-corrected chi connectivity index (χ3v) is 0.957. The van der Waals surface area contributed by atoms with Gasteiger partial charge in [0.15, 0.2) is 0 Å². The molecule has 0 fully saturated rings. The second kappa shape index (κ2) is 15.7. The Morgan fingerprint density at radius 2 is 1.67 bits per heavy atom. The van der Waals surface area contributed by atoms with Crippen LogP contribution in [0.15, 0.2) is 0 Å². The van der Waals surface area contributed by atoms with Gasteiger partial charge in [0.2, 0.25) is 0 Å². The van der Waals surface area contributed by atoms with Crippen LogP contribution in [-0.2, 0) is 0 Å². The largest absolute Gasteiger partial charge is 0.317 e. The van der Waals surface area contributed by atoms with Gasteiger partial charge in [-0.05, 0) is 19.5 Å². The topological polar surface area (TPSA) is 12.0 Å². The van der Waals surface area contributed by atoms with Crippen LogP contribution in [0.5, 0.6) is 0 Å². The Balaban J connectivity index is 0. The van der Waals surface area contributed by atoms with Crippen LogP contribution in [0.4, 0.5) is 0 Å². The average Bonchev–Trinajstić information content (AvgIpc) is 1.94. The van der Waals surface area contributed by atoms with Crippen LogP contribution in [0.2, 0.25) is 0 Å². The first-order chi connectivity index (χ1) is 4.41. The summed E-state index contributed by atoms with van der Waals surface area (Å²) in [6.45, 7) is 10.6. The van der Waals surface area contributed by atoms with Gasteiger partial charge in [-0.25, -0.2) is 0 Å². The Morgan fingerprint density at radius 1 is 1.11 bits per heavy atom. The Labute approximate surface area is 59.8 Å². The van der Waals surface area contributed by atoms with Crippen LogP contribution in [0.3, 0.4) is 0 Å². The number of hydrogen-bond donors (Lipinski definition) is 1. The highest BCUT2D eigenvalue weighted by atomic mass is 14.8. The summed E-state index contributed by atoms with van der Waals surface area (Å²) in [7, 11) is 0. The lowest BCUT2D eigenvalue weighted by molar-refractivity contribution is 0.663. The molecular formula is C8H21N. The molecule has 0 saturated carbocycles. The highest BCUT2D eigenvalue weighted by molar-refractivity contribution is 4.39. The zero-order chi connectivity index (χ0) is 7.54. The monoisotopic (exact) mass is 131 g/mol. The van der Waals surface area contributed by atoms with E-state index in [-0.39, 0.29) is 0 Å². The van der Waals surface area contributed by atoms with Crippen LogP contribution < -0.4 is 5.32 Å². The fourth-order valence-corrected chi connectivity index (χ4v) is 0.479. The molecule has 58 valence electrons. The molecule has 0 atom stereocenters. The van der Waals surface area contributed by atoms with Crippen molar-refractivity contribution in [3.05, 3.63) is 0 Å². The number of unbranched alkanes of at least 4 members (excludes halogenated alkanes) is 1. The molecule has 0 heterocycles. The maximum Gasteiger partial charge on any atom is -0.00491 e. The summed E-state index contributed by atoms with van der Waals surface area (Å²) < 4.78 is 0. The normalized spacial score (nSPS) is 8.00.